The van der Waals surface area contributed by atoms with Gasteiger partial charge < -0.3 is 10.6 Å². The Bertz CT molecular complexity index is 342. The van der Waals surface area contributed by atoms with E-state index >= 15 is 0 Å². The van der Waals surface area contributed by atoms with E-state index in [0.29, 0.717) is 5.41 Å². The molecule has 3 nitrogen and oxygen atoms in total. The van der Waals surface area contributed by atoms with Gasteiger partial charge in [0.05, 0.1) is 0 Å². The molecule has 1 fully saturated rings. The summed E-state index contributed by atoms with van der Waals surface area (Å²) >= 11 is 1.83. The molecule has 96 valence electrons. The van der Waals surface area contributed by atoms with Crippen molar-refractivity contribution in [1.82, 2.24) is 15.6 Å². The van der Waals surface area contributed by atoms with Crippen molar-refractivity contribution in [3.8, 4) is 0 Å². The maximum Gasteiger partial charge on any atom is 0.107 e. The lowest BCUT2D eigenvalue weighted by Crippen LogP contribution is -2.41. The zero-order valence-electron chi connectivity index (χ0n) is 10.9. The third-order valence-corrected chi connectivity index (χ3v) is 4.73. The van der Waals surface area contributed by atoms with Crippen molar-refractivity contribution in [2.75, 3.05) is 19.6 Å². The summed E-state index contributed by atoms with van der Waals surface area (Å²) in [5.41, 5.74) is 0.468. The van der Waals surface area contributed by atoms with Crippen LogP contribution in [-0.2, 0) is 13.0 Å². The van der Waals surface area contributed by atoms with Gasteiger partial charge in [-0.05, 0) is 37.8 Å². The molecule has 2 heterocycles. The molecule has 0 spiro atoms. The molecule has 2 rings (SSSR count). The summed E-state index contributed by atoms with van der Waals surface area (Å²) in [7, 11) is 0. The van der Waals surface area contributed by atoms with Gasteiger partial charge in [-0.25, -0.2) is 4.98 Å². The molecule has 0 aliphatic carbocycles. The highest BCUT2D eigenvalue weighted by atomic mass is 32.1. The summed E-state index contributed by atoms with van der Waals surface area (Å²) in [6.45, 7) is 8.93. The zero-order chi connectivity index (χ0) is 12.1. The number of aromatic nitrogens is 1. The van der Waals surface area contributed by atoms with Gasteiger partial charge in [0.25, 0.3) is 0 Å². The molecule has 1 aliphatic rings. The molecule has 0 unspecified atom stereocenters. The first-order valence-electron chi connectivity index (χ1n) is 6.57. The molecule has 0 aromatic carbocycles. The van der Waals surface area contributed by atoms with Crippen molar-refractivity contribution < 1.29 is 0 Å². The molecule has 0 amide bonds. The topological polar surface area (TPSA) is 37.0 Å². The number of piperidine rings is 1. The second-order valence-electron chi connectivity index (χ2n) is 5.24. The Morgan fingerprint density at radius 2 is 2.24 bits per heavy atom. The summed E-state index contributed by atoms with van der Waals surface area (Å²) in [6, 6.07) is 0. The Morgan fingerprint density at radius 3 is 2.88 bits per heavy atom. The summed E-state index contributed by atoms with van der Waals surface area (Å²) in [5, 5.41) is 8.21. The van der Waals surface area contributed by atoms with Gasteiger partial charge in [0.15, 0.2) is 0 Å². The zero-order valence-corrected chi connectivity index (χ0v) is 11.7. The van der Waals surface area contributed by atoms with Crippen LogP contribution in [0.15, 0.2) is 6.20 Å². The van der Waals surface area contributed by atoms with Crippen molar-refractivity contribution in [1.29, 1.82) is 0 Å². The summed E-state index contributed by atoms with van der Waals surface area (Å²) < 4.78 is 0. The monoisotopic (exact) mass is 253 g/mol. The quantitative estimate of drug-likeness (QED) is 0.844. The average molecular weight is 253 g/mol. The van der Waals surface area contributed by atoms with Crippen molar-refractivity contribution in [3.63, 3.8) is 0 Å². The minimum absolute atomic E-state index is 0.468. The lowest BCUT2D eigenvalue weighted by atomic mass is 9.81. The maximum absolute atomic E-state index is 4.44. The second kappa shape index (κ2) is 5.94. The number of rotatable bonds is 5. The highest BCUT2D eigenvalue weighted by Crippen LogP contribution is 2.26. The molecule has 0 saturated carbocycles. The van der Waals surface area contributed by atoms with E-state index in [9.17, 15) is 0 Å². The third kappa shape index (κ3) is 3.76. The lowest BCUT2D eigenvalue weighted by molar-refractivity contribution is 0.220. The second-order valence-corrected chi connectivity index (χ2v) is 6.44. The van der Waals surface area contributed by atoms with Gasteiger partial charge in [-0.2, -0.15) is 0 Å². The summed E-state index contributed by atoms with van der Waals surface area (Å²) in [6.07, 6.45) is 5.66. The van der Waals surface area contributed by atoms with Crippen LogP contribution in [0.5, 0.6) is 0 Å². The van der Waals surface area contributed by atoms with Gasteiger partial charge in [0, 0.05) is 24.2 Å². The Morgan fingerprint density at radius 1 is 1.47 bits per heavy atom. The van der Waals surface area contributed by atoms with Crippen LogP contribution in [0.25, 0.3) is 0 Å². The van der Waals surface area contributed by atoms with Crippen molar-refractivity contribution >= 4 is 11.3 Å². The summed E-state index contributed by atoms with van der Waals surface area (Å²) in [4.78, 5) is 5.82. The van der Waals surface area contributed by atoms with E-state index in [-0.39, 0.29) is 0 Å². The molecule has 1 aliphatic heterocycles. The Balaban J connectivity index is 1.74. The van der Waals surface area contributed by atoms with Crippen molar-refractivity contribution in [3.05, 3.63) is 16.1 Å². The molecule has 1 aromatic heterocycles. The molecule has 0 atom stereocenters. The highest BCUT2D eigenvalue weighted by Gasteiger charge is 2.25. The number of aryl methyl sites for hydroxylation is 1. The Labute approximate surface area is 108 Å². The van der Waals surface area contributed by atoms with E-state index in [2.05, 4.69) is 29.5 Å². The van der Waals surface area contributed by atoms with E-state index in [0.717, 1.165) is 32.6 Å². The van der Waals surface area contributed by atoms with Crippen LogP contribution in [0, 0.1) is 5.41 Å². The lowest BCUT2D eigenvalue weighted by Gasteiger charge is -2.34. The standard InChI is InChI=1S/C13H23N3S/c1-3-11-8-16-12(17-11)9-15-10-13(2)4-6-14-7-5-13/h8,14-15H,3-7,9-10H2,1-2H3. The molecular weight excluding hydrogens is 230 g/mol. The van der Waals surface area contributed by atoms with Crippen LogP contribution in [0.2, 0.25) is 0 Å². The number of hydrogen-bond donors (Lipinski definition) is 2. The van der Waals surface area contributed by atoms with Gasteiger partial charge >= 0.3 is 0 Å². The van der Waals surface area contributed by atoms with E-state index < -0.39 is 0 Å². The molecular formula is C13H23N3S. The largest absolute Gasteiger partial charge is 0.317 e. The predicted molar refractivity (Wildman–Crippen MR) is 73.4 cm³/mol. The van der Waals surface area contributed by atoms with Crippen LogP contribution in [0.4, 0.5) is 0 Å². The maximum atomic E-state index is 4.44. The normalized spacial score (nSPS) is 19.4. The fourth-order valence-electron chi connectivity index (χ4n) is 2.27. The molecule has 2 N–H and O–H groups in total. The summed E-state index contributed by atoms with van der Waals surface area (Å²) in [5.74, 6) is 0. The Kier molecular flexibility index (Phi) is 4.54. The fourth-order valence-corrected chi connectivity index (χ4v) is 3.10. The molecule has 4 heteroatoms. The molecule has 17 heavy (non-hydrogen) atoms. The highest BCUT2D eigenvalue weighted by molar-refractivity contribution is 7.11. The first-order valence-corrected chi connectivity index (χ1v) is 7.38. The van der Waals surface area contributed by atoms with Crippen LogP contribution in [-0.4, -0.2) is 24.6 Å². The van der Waals surface area contributed by atoms with Gasteiger partial charge in [0.2, 0.25) is 0 Å². The van der Waals surface area contributed by atoms with Crippen molar-refractivity contribution in [2.45, 2.75) is 39.7 Å². The minimum atomic E-state index is 0.468. The first kappa shape index (κ1) is 13.0. The minimum Gasteiger partial charge on any atom is -0.317 e. The molecule has 1 saturated heterocycles. The third-order valence-electron chi connectivity index (χ3n) is 3.59. The van der Waals surface area contributed by atoms with Gasteiger partial charge in [-0.1, -0.05) is 13.8 Å². The van der Waals surface area contributed by atoms with Crippen LogP contribution in [0.1, 0.15) is 36.6 Å². The smallest absolute Gasteiger partial charge is 0.107 e. The van der Waals surface area contributed by atoms with Crippen LogP contribution >= 0.6 is 11.3 Å². The number of nitrogens with zero attached hydrogens (tertiary/aromatic N) is 1. The SMILES string of the molecule is CCc1cnc(CNCC2(C)CCNCC2)s1. The molecule has 1 aromatic rings. The van der Waals surface area contributed by atoms with E-state index in [4.69, 9.17) is 0 Å². The van der Waals surface area contributed by atoms with Crippen LogP contribution in [0.3, 0.4) is 0 Å². The fraction of sp³-hybridized carbons (Fsp3) is 0.769. The van der Waals surface area contributed by atoms with Crippen molar-refractivity contribution in [2.24, 2.45) is 5.41 Å². The molecule has 0 bridgehead atoms. The molecule has 0 radical (unpaired) electrons. The first-order chi connectivity index (χ1) is 8.22. The number of hydrogen-bond acceptors (Lipinski definition) is 4. The van der Waals surface area contributed by atoms with Gasteiger partial charge in [-0.15, -0.1) is 11.3 Å². The average Bonchev–Trinajstić information content (AvgIpc) is 2.78. The predicted octanol–water partition coefficient (Wildman–Crippen LogP) is 2.18. The van der Waals surface area contributed by atoms with Crippen LogP contribution < -0.4 is 10.6 Å². The number of thiazole rings is 1. The Hall–Kier alpha value is -0.450. The number of nitrogens with one attached hydrogen (secondary N) is 2. The van der Waals surface area contributed by atoms with E-state index in [1.54, 1.807) is 0 Å². The van der Waals surface area contributed by atoms with Gasteiger partial charge in [0.1, 0.15) is 5.01 Å². The van der Waals surface area contributed by atoms with E-state index in [1.807, 2.05) is 17.5 Å². The van der Waals surface area contributed by atoms with E-state index in [1.165, 1.54) is 22.7 Å². The van der Waals surface area contributed by atoms with Gasteiger partial charge in [-0.3, -0.25) is 0 Å².